The highest BCUT2D eigenvalue weighted by Crippen LogP contribution is 2.51. The number of amides is 1. The molecule has 3 rings (SSSR count). The minimum absolute atomic E-state index is 0.000217. The summed E-state index contributed by atoms with van der Waals surface area (Å²) in [7, 11) is 1.80. The highest BCUT2D eigenvalue weighted by atomic mass is 127. The molecule has 0 bridgehead atoms. The quantitative estimate of drug-likeness (QED) is 0.603. The third-order valence-corrected chi connectivity index (χ3v) is 5.27. The second kappa shape index (κ2) is 4.05. The summed E-state index contributed by atoms with van der Waals surface area (Å²) in [5.74, 6) is -0.000217. The van der Waals surface area contributed by atoms with Crippen molar-refractivity contribution in [1.82, 2.24) is 0 Å². The SMILES string of the molecule is CC1=C(I)COC12C(=O)N(C)c1ccc(Br)cc12. The maximum absolute atomic E-state index is 12.6. The van der Waals surface area contributed by atoms with Crippen LogP contribution in [0.5, 0.6) is 0 Å². The third-order valence-electron chi connectivity index (χ3n) is 3.66. The number of fused-ring (bicyclic) bond motifs is 2. The average Bonchev–Trinajstić information content (AvgIpc) is 2.75. The summed E-state index contributed by atoms with van der Waals surface area (Å²) >= 11 is 5.72. The summed E-state index contributed by atoms with van der Waals surface area (Å²) in [6, 6.07) is 5.88. The molecule has 0 saturated heterocycles. The molecule has 2 heterocycles. The molecule has 0 aromatic heterocycles. The molecule has 3 nitrogen and oxygen atoms in total. The number of nitrogens with zero attached hydrogens (tertiary/aromatic N) is 1. The summed E-state index contributed by atoms with van der Waals surface area (Å²) in [5.41, 5.74) is 1.98. The second-order valence-corrected chi connectivity index (χ2v) is 6.74. The van der Waals surface area contributed by atoms with Crippen molar-refractivity contribution in [1.29, 1.82) is 0 Å². The van der Waals surface area contributed by atoms with Gasteiger partial charge in [0.25, 0.3) is 5.91 Å². The van der Waals surface area contributed by atoms with Crippen LogP contribution >= 0.6 is 38.5 Å². The van der Waals surface area contributed by atoms with Crippen molar-refractivity contribution in [2.24, 2.45) is 0 Å². The summed E-state index contributed by atoms with van der Waals surface area (Å²) < 4.78 is 7.97. The van der Waals surface area contributed by atoms with Gasteiger partial charge in [0.05, 0.1) is 12.3 Å². The van der Waals surface area contributed by atoms with Crippen LogP contribution in [0, 0.1) is 0 Å². The lowest BCUT2D eigenvalue weighted by Crippen LogP contribution is -2.39. The summed E-state index contributed by atoms with van der Waals surface area (Å²) in [6.07, 6.45) is 0. The number of hydrogen-bond acceptors (Lipinski definition) is 2. The molecule has 0 fully saturated rings. The van der Waals surface area contributed by atoms with Gasteiger partial charge in [0, 0.05) is 20.7 Å². The van der Waals surface area contributed by atoms with E-state index in [0.29, 0.717) is 6.61 Å². The van der Waals surface area contributed by atoms with Crippen LogP contribution in [0.1, 0.15) is 12.5 Å². The molecule has 1 atom stereocenters. The van der Waals surface area contributed by atoms with Crippen molar-refractivity contribution in [3.8, 4) is 0 Å². The van der Waals surface area contributed by atoms with Crippen molar-refractivity contribution >= 4 is 50.1 Å². The van der Waals surface area contributed by atoms with E-state index < -0.39 is 5.60 Å². The van der Waals surface area contributed by atoms with E-state index in [1.807, 2.05) is 25.1 Å². The maximum atomic E-state index is 12.6. The van der Waals surface area contributed by atoms with Crippen molar-refractivity contribution in [3.05, 3.63) is 37.4 Å². The van der Waals surface area contributed by atoms with E-state index in [4.69, 9.17) is 4.74 Å². The van der Waals surface area contributed by atoms with Crippen LogP contribution in [0.4, 0.5) is 5.69 Å². The number of rotatable bonds is 0. The number of anilines is 1. The zero-order valence-electron chi connectivity index (χ0n) is 9.96. The first-order valence-corrected chi connectivity index (χ1v) is 7.43. The van der Waals surface area contributed by atoms with E-state index in [2.05, 4.69) is 38.5 Å². The molecule has 1 aromatic rings. The topological polar surface area (TPSA) is 29.5 Å². The van der Waals surface area contributed by atoms with Gasteiger partial charge in [0.1, 0.15) is 0 Å². The first kappa shape index (κ1) is 12.6. The molecule has 0 N–H and O–H groups in total. The Kier molecular flexibility index (Phi) is 2.84. The van der Waals surface area contributed by atoms with E-state index in [0.717, 1.165) is 24.9 Å². The van der Waals surface area contributed by atoms with E-state index in [-0.39, 0.29) is 5.91 Å². The Labute approximate surface area is 127 Å². The van der Waals surface area contributed by atoms with E-state index in [1.165, 1.54) is 0 Å². The minimum Gasteiger partial charge on any atom is -0.351 e. The zero-order valence-corrected chi connectivity index (χ0v) is 13.7. The largest absolute Gasteiger partial charge is 0.351 e. The number of ether oxygens (including phenoxy) is 1. The van der Waals surface area contributed by atoms with Crippen molar-refractivity contribution < 1.29 is 9.53 Å². The number of carbonyl (C=O) groups excluding carboxylic acids is 1. The molecule has 1 unspecified atom stereocenters. The molecule has 0 radical (unpaired) electrons. The van der Waals surface area contributed by atoms with Crippen LogP contribution in [0.15, 0.2) is 31.8 Å². The van der Waals surface area contributed by atoms with Crippen molar-refractivity contribution in [2.75, 3.05) is 18.6 Å². The van der Waals surface area contributed by atoms with Gasteiger partial charge >= 0.3 is 0 Å². The molecule has 1 aromatic carbocycles. The number of carbonyl (C=O) groups is 1. The van der Waals surface area contributed by atoms with Crippen LogP contribution in [0.25, 0.3) is 0 Å². The van der Waals surface area contributed by atoms with Crippen molar-refractivity contribution in [3.63, 3.8) is 0 Å². The number of benzene rings is 1. The fourth-order valence-corrected chi connectivity index (χ4v) is 3.52. The Morgan fingerprint density at radius 2 is 2.22 bits per heavy atom. The van der Waals surface area contributed by atoms with Crippen LogP contribution < -0.4 is 4.90 Å². The number of likely N-dealkylation sites (N-methyl/N-ethyl adjacent to an activating group) is 1. The van der Waals surface area contributed by atoms with Crippen LogP contribution in [0.3, 0.4) is 0 Å². The lowest BCUT2D eigenvalue weighted by Gasteiger charge is -2.24. The molecule has 18 heavy (non-hydrogen) atoms. The molecule has 1 spiro atoms. The van der Waals surface area contributed by atoms with Gasteiger partial charge in [-0.25, -0.2) is 0 Å². The fraction of sp³-hybridized carbons (Fsp3) is 0.308. The number of halogens is 2. The van der Waals surface area contributed by atoms with Gasteiger partial charge in [-0.1, -0.05) is 15.9 Å². The van der Waals surface area contributed by atoms with Gasteiger partial charge < -0.3 is 9.64 Å². The molecular weight excluding hydrogens is 409 g/mol. The van der Waals surface area contributed by atoms with Gasteiger partial charge in [0.2, 0.25) is 0 Å². The van der Waals surface area contributed by atoms with E-state index in [1.54, 1.807) is 11.9 Å². The van der Waals surface area contributed by atoms with Crippen molar-refractivity contribution in [2.45, 2.75) is 12.5 Å². The van der Waals surface area contributed by atoms with Gasteiger partial charge in [-0.15, -0.1) is 0 Å². The Hall–Kier alpha value is -0.400. The molecule has 94 valence electrons. The molecule has 1 amide bonds. The summed E-state index contributed by atoms with van der Waals surface area (Å²) in [6.45, 7) is 2.49. The number of hydrogen-bond donors (Lipinski definition) is 0. The highest BCUT2D eigenvalue weighted by Gasteiger charge is 2.55. The predicted molar refractivity (Wildman–Crippen MR) is 81.9 cm³/mol. The van der Waals surface area contributed by atoms with Crippen LogP contribution in [0.2, 0.25) is 0 Å². The first-order chi connectivity index (χ1) is 8.48. The fourth-order valence-electron chi connectivity index (χ4n) is 2.62. The Balaban J connectivity index is 2.31. The minimum atomic E-state index is -0.898. The van der Waals surface area contributed by atoms with Gasteiger partial charge in [-0.2, -0.15) is 0 Å². The lowest BCUT2D eigenvalue weighted by molar-refractivity contribution is -0.135. The predicted octanol–water partition coefficient (Wildman–Crippen LogP) is 3.36. The highest BCUT2D eigenvalue weighted by molar-refractivity contribution is 14.1. The Bertz CT molecular complexity index is 599. The monoisotopic (exact) mass is 419 g/mol. The van der Waals surface area contributed by atoms with Gasteiger partial charge in [0.15, 0.2) is 5.60 Å². The molecule has 5 heteroatoms. The summed E-state index contributed by atoms with van der Waals surface area (Å²) in [4.78, 5) is 14.3. The molecule has 2 aliphatic rings. The standard InChI is InChI=1S/C13H11BrINO2/c1-7-10(15)6-18-13(7)9-5-8(14)3-4-11(9)16(2)12(13)17/h3-5H,6H2,1-2H3. The normalized spacial score (nSPS) is 26.4. The third kappa shape index (κ3) is 1.41. The van der Waals surface area contributed by atoms with Crippen LogP contribution in [-0.4, -0.2) is 19.6 Å². The van der Waals surface area contributed by atoms with E-state index in [9.17, 15) is 4.79 Å². The lowest BCUT2D eigenvalue weighted by atomic mass is 9.89. The Morgan fingerprint density at radius 3 is 2.83 bits per heavy atom. The molecule has 0 aliphatic carbocycles. The smallest absolute Gasteiger partial charge is 0.268 e. The second-order valence-electron chi connectivity index (χ2n) is 4.53. The van der Waals surface area contributed by atoms with Gasteiger partial charge in [-0.05, 0) is 53.3 Å². The van der Waals surface area contributed by atoms with E-state index >= 15 is 0 Å². The zero-order chi connectivity index (χ0) is 13.1. The first-order valence-electron chi connectivity index (χ1n) is 5.56. The molecular formula is C13H11BrINO2. The molecule has 2 aliphatic heterocycles. The summed E-state index contributed by atoms with van der Waals surface area (Å²) in [5, 5.41) is 0. The van der Waals surface area contributed by atoms with Crippen LogP contribution in [-0.2, 0) is 15.1 Å². The molecule has 0 saturated carbocycles. The maximum Gasteiger partial charge on any atom is 0.268 e. The van der Waals surface area contributed by atoms with Gasteiger partial charge in [-0.3, -0.25) is 4.79 Å². The average molecular weight is 420 g/mol. The Morgan fingerprint density at radius 1 is 1.50 bits per heavy atom.